The predicted octanol–water partition coefficient (Wildman–Crippen LogP) is -1.34. The first-order valence-corrected chi connectivity index (χ1v) is 2.00. The van der Waals surface area contributed by atoms with Crippen LogP contribution in [0, 0.1) is 0 Å². The Hall–Kier alpha value is 0.909. The quantitative estimate of drug-likeness (QED) is 0.289. The Balaban J connectivity index is -0.0000000800. The molecule has 0 aliphatic carbocycles. The van der Waals surface area contributed by atoms with Gasteiger partial charge in [-0.3, -0.25) is 8.42 Å². The van der Waals surface area contributed by atoms with Crippen LogP contribution in [0.25, 0.3) is 0 Å². The van der Waals surface area contributed by atoms with Crippen molar-refractivity contribution in [1.82, 2.24) is 0 Å². The van der Waals surface area contributed by atoms with Crippen molar-refractivity contribution in [2.45, 2.75) is 0 Å². The molecule has 0 heterocycles. The fourth-order valence-corrected chi connectivity index (χ4v) is 0. The topological polar surface area (TPSA) is 80.3 Å². The number of hydrogen-bond donors (Lipinski definition) is 0. The Morgan fingerprint density at radius 3 is 1.00 bits per heavy atom. The summed E-state index contributed by atoms with van der Waals surface area (Å²) in [7, 11) is -5.17. The molecule has 7 heteroatoms. The predicted molar refractivity (Wildman–Crippen MR) is 10.5 cm³/mol. The van der Waals surface area contributed by atoms with E-state index in [1.165, 1.54) is 0 Å². The van der Waals surface area contributed by atoms with E-state index in [2.05, 4.69) is 0 Å². The van der Waals surface area contributed by atoms with E-state index < -0.39 is 10.4 Å². The molecule has 0 aromatic rings. The zero-order chi connectivity index (χ0) is 4.50. The molecule has 0 saturated heterocycles. The molecular weight excluding hydrogens is 223 g/mol. The normalized spacial score (nSPS) is 8.29. The van der Waals surface area contributed by atoms with Crippen molar-refractivity contribution in [2.24, 2.45) is 0 Å². The van der Waals surface area contributed by atoms with Crippen LogP contribution in [0.1, 0.15) is 0 Å². The van der Waals surface area contributed by atoms with Crippen LogP contribution < -0.4 is 0 Å². The van der Waals surface area contributed by atoms with Crippen LogP contribution in [0.5, 0.6) is 0 Å². The molecule has 0 N–H and O–H groups in total. The summed E-state index contributed by atoms with van der Waals surface area (Å²) < 4.78 is 34.1. The first kappa shape index (κ1) is 15.7. The Labute approximate surface area is 62.2 Å². The van der Waals surface area contributed by atoms with Gasteiger partial charge in [-0.05, 0) is 0 Å². The van der Waals surface area contributed by atoms with Gasteiger partial charge < -0.3 is 9.11 Å². The maximum Gasteiger partial charge on any atom is 1.00 e. The molecule has 0 aliphatic rings. The molecule has 0 rings (SSSR count). The summed E-state index contributed by atoms with van der Waals surface area (Å²) in [6, 6.07) is 0. The maximum atomic E-state index is 8.52. The minimum atomic E-state index is -5.17. The van der Waals surface area contributed by atoms with Gasteiger partial charge in [-0.1, -0.05) is 0 Å². The molecule has 7 heavy (non-hydrogen) atoms. The van der Waals surface area contributed by atoms with Crippen molar-refractivity contribution in [1.29, 1.82) is 0 Å². The van der Waals surface area contributed by atoms with E-state index >= 15 is 0 Å². The standard InChI is InChI=1S/2Cu.H2O4S/c;;1-5(2,3)4/h;;(H2,1,2,3,4)/q2*+1;/p-2. The minimum absolute atomic E-state index is 0. The Bertz CT molecular complexity index is 92.9. The smallest absolute Gasteiger partial charge is 0.759 e. The van der Waals surface area contributed by atoms with Crippen LogP contribution in [0.4, 0.5) is 0 Å². The summed E-state index contributed by atoms with van der Waals surface area (Å²) in [5, 5.41) is 0. The summed E-state index contributed by atoms with van der Waals surface area (Å²) in [6.45, 7) is 0. The van der Waals surface area contributed by atoms with Crippen molar-refractivity contribution in [3.05, 3.63) is 0 Å². The third-order valence-corrected chi connectivity index (χ3v) is 0. The average Bonchev–Trinajstić information content (AvgIpc) is 0.722. The zero-order valence-corrected chi connectivity index (χ0v) is 5.34. The van der Waals surface area contributed by atoms with Crippen LogP contribution >= 0.6 is 0 Å². The second kappa shape index (κ2) is 5.05. The van der Waals surface area contributed by atoms with Crippen LogP contribution in [0.3, 0.4) is 0 Å². The van der Waals surface area contributed by atoms with Crippen LogP contribution in [-0.2, 0) is 44.5 Å². The summed E-state index contributed by atoms with van der Waals surface area (Å²) in [5.41, 5.74) is 0. The summed E-state index contributed by atoms with van der Waals surface area (Å²) in [6.07, 6.45) is 0. The molecule has 0 bridgehead atoms. The van der Waals surface area contributed by atoms with Gasteiger partial charge in [0.1, 0.15) is 0 Å². The van der Waals surface area contributed by atoms with Gasteiger partial charge in [-0.2, -0.15) is 0 Å². The van der Waals surface area contributed by atoms with E-state index in [1.54, 1.807) is 0 Å². The third-order valence-electron chi connectivity index (χ3n) is 0. The first-order valence-electron chi connectivity index (χ1n) is 0.667. The molecule has 0 aromatic carbocycles. The SMILES string of the molecule is O=S(=O)([O-])[O-].[Cu+].[Cu+]. The molecule has 0 unspecified atom stereocenters. The van der Waals surface area contributed by atoms with Crippen LogP contribution in [0.2, 0.25) is 0 Å². The van der Waals surface area contributed by atoms with E-state index in [9.17, 15) is 0 Å². The van der Waals surface area contributed by atoms with Crippen LogP contribution in [-0.4, -0.2) is 17.5 Å². The van der Waals surface area contributed by atoms with E-state index in [4.69, 9.17) is 17.5 Å². The van der Waals surface area contributed by atoms with Gasteiger partial charge in [0, 0.05) is 10.4 Å². The molecular formula is Cu2O4S. The molecule has 0 amide bonds. The second-order valence-electron chi connectivity index (χ2n) is 0.408. The van der Waals surface area contributed by atoms with Crippen molar-refractivity contribution in [2.75, 3.05) is 0 Å². The Kier molecular flexibility index (Phi) is 11.3. The van der Waals surface area contributed by atoms with Gasteiger partial charge in [-0.25, -0.2) is 0 Å². The van der Waals surface area contributed by atoms with Gasteiger partial charge in [-0.15, -0.1) is 0 Å². The molecule has 0 radical (unpaired) electrons. The van der Waals surface area contributed by atoms with E-state index in [0.717, 1.165) is 0 Å². The van der Waals surface area contributed by atoms with Gasteiger partial charge in [0.2, 0.25) is 0 Å². The molecule has 0 atom stereocenters. The fraction of sp³-hybridized carbons (Fsp3) is 0. The minimum Gasteiger partial charge on any atom is -0.759 e. The monoisotopic (exact) mass is 222 g/mol. The Morgan fingerprint density at radius 1 is 1.00 bits per heavy atom. The van der Waals surface area contributed by atoms with E-state index in [-0.39, 0.29) is 34.1 Å². The van der Waals surface area contributed by atoms with Crippen molar-refractivity contribution in [3.8, 4) is 0 Å². The Morgan fingerprint density at radius 2 is 1.00 bits per heavy atom. The second-order valence-corrected chi connectivity index (χ2v) is 1.22. The molecule has 0 spiro atoms. The molecule has 0 fully saturated rings. The van der Waals surface area contributed by atoms with Gasteiger partial charge in [0.25, 0.3) is 0 Å². The maximum absolute atomic E-state index is 8.52. The molecule has 0 aliphatic heterocycles. The number of hydrogen-bond acceptors (Lipinski definition) is 4. The molecule has 0 saturated carbocycles. The first-order chi connectivity index (χ1) is 2.00. The summed E-state index contributed by atoms with van der Waals surface area (Å²) >= 11 is 0. The van der Waals surface area contributed by atoms with E-state index in [0.29, 0.717) is 0 Å². The van der Waals surface area contributed by atoms with Gasteiger partial charge in [0.15, 0.2) is 0 Å². The third kappa shape index (κ3) is 202. The average molecular weight is 223 g/mol. The van der Waals surface area contributed by atoms with Gasteiger partial charge in [0.05, 0.1) is 0 Å². The van der Waals surface area contributed by atoms with Crippen LogP contribution in [0.15, 0.2) is 0 Å². The summed E-state index contributed by atoms with van der Waals surface area (Å²) in [5.74, 6) is 0. The molecule has 0 aromatic heterocycles. The molecule has 52 valence electrons. The van der Waals surface area contributed by atoms with Gasteiger partial charge >= 0.3 is 34.1 Å². The van der Waals surface area contributed by atoms with Crippen molar-refractivity contribution >= 4 is 10.4 Å². The fourth-order valence-electron chi connectivity index (χ4n) is 0. The largest absolute Gasteiger partial charge is 1.00 e. The zero-order valence-electron chi connectivity index (χ0n) is 2.64. The number of rotatable bonds is 0. The van der Waals surface area contributed by atoms with E-state index in [1.807, 2.05) is 0 Å². The molecule has 4 nitrogen and oxygen atoms in total. The van der Waals surface area contributed by atoms with Crippen molar-refractivity contribution < 1.29 is 51.7 Å². The summed E-state index contributed by atoms with van der Waals surface area (Å²) in [4.78, 5) is 0. The van der Waals surface area contributed by atoms with Crippen molar-refractivity contribution in [3.63, 3.8) is 0 Å².